The third-order valence-corrected chi connectivity index (χ3v) is 2.68. The SMILES string of the molecule is O=C1CC(c2ccc(C(F)F)c(F)c2)C1. The molecule has 1 aliphatic carbocycles. The highest BCUT2D eigenvalue weighted by Gasteiger charge is 2.28. The second-order valence-electron chi connectivity index (χ2n) is 3.73. The molecule has 0 aliphatic heterocycles. The fourth-order valence-corrected chi connectivity index (χ4v) is 1.70. The Morgan fingerprint density at radius 3 is 2.40 bits per heavy atom. The lowest BCUT2D eigenvalue weighted by molar-refractivity contribution is -0.124. The molecule has 0 bridgehead atoms. The van der Waals surface area contributed by atoms with Gasteiger partial charge >= 0.3 is 0 Å². The van der Waals surface area contributed by atoms with Crippen LogP contribution in [0.3, 0.4) is 0 Å². The Bertz CT molecular complexity index is 393. The summed E-state index contributed by atoms with van der Waals surface area (Å²) in [5, 5.41) is 0. The number of benzene rings is 1. The van der Waals surface area contributed by atoms with Gasteiger partial charge in [-0.25, -0.2) is 13.2 Å². The second kappa shape index (κ2) is 3.68. The monoisotopic (exact) mass is 214 g/mol. The third kappa shape index (κ3) is 1.89. The highest BCUT2D eigenvalue weighted by atomic mass is 19.3. The highest BCUT2D eigenvalue weighted by Crippen LogP contribution is 2.35. The summed E-state index contributed by atoms with van der Waals surface area (Å²) >= 11 is 0. The molecule has 1 aliphatic rings. The molecule has 0 aromatic heterocycles. The van der Waals surface area contributed by atoms with Crippen LogP contribution in [-0.2, 0) is 4.79 Å². The van der Waals surface area contributed by atoms with E-state index in [0.29, 0.717) is 18.4 Å². The van der Waals surface area contributed by atoms with Crippen LogP contribution in [0.15, 0.2) is 18.2 Å². The summed E-state index contributed by atoms with van der Waals surface area (Å²) in [5.41, 5.74) is 0.0564. The van der Waals surface area contributed by atoms with Crippen molar-refractivity contribution in [1.82, 2.24) is 0 Å². The minimum Gasteiger partial charge on any atom is -0.300 e. The van der Waals surface area contributed by atoms with Gasteiger partial charge in [-0.1, -0.05) is 12.1 Å². The van der Waals surface area contributed by atoms with Crippen LogP contribution < -0.4 is 0 Å². The quantitative estimate of drug-likeness (QED) is 0.738. The highest BCUT2D eigenvalue weighted by molar-refractivity contribution is 5.86. The average Bonchev–Trinajstić information content (AvgIpc) is 2.12. The smallest absolute Gasteiger partial charge is 0.266 e. The zero-order valence-electron chi connectivity index (χ0n) is 7.84. The lowest BCUT2D eigenvalue weighted by Crippen LogP contribution is -2.21. The molecule has 4 heteroatoms. The molecule has 0 saturated heterocycles. The van der Waals surface area contributed by atoms with Crippen LogP contribution in [0.25, 0.3) is 0 Å². The summed E-state index contributed by atoms with van der Waals surface area (Å²) < 4.78 is 37.6. The van der Waals surface area contributed by atoms with E-state index < -0.39 is 17.8 Å². The first kappa shape index (κ1) is 10.2. The molecular formula is C11H9F3O. The molecule has 0 unspecified atom stereocenters. The molecular weight excluding hydrogens is 205 g/mol. The van der Waals surface area contributed by atoms with Gasteiger partial charge in [-0.2, -0.15) is 0 Å². The van der Waals surface area contributed by atoms with Gasteiger partial charge in [-0.3, -0.25) is 4.79 Å². The molecule has 1 aromatic carbocycles. The Hall–Kier alpha value is -1.32. The molecule has 0 spiro atoms. The van der Waals surface area contributed by atoms with Crippen LogP contribution in [0.1, 0.15) is 36.3 Å². The van der Waals surface area contributed by atoms with Crippen LogP contribution >= 0.6 is 0 Å². The van der Waals surface area contributed by atoms with Crippen molar-refractivity contribution in [2.45, 2.75) is 25.2 Å². The van der Waals surface area contributed by atoms with E-state index >= 15 is 0 Å². The summed E-state index contributed by atoms with van der Waals surface area (Å²) in [6.45, 7) is 0. The average molecular weight is 214 g/mol. The van der Waals surface area contributed by atoms with Crippen molar-refractivity contribution >= 4 is 5.78 Å². The maximum Gasteiger partial charge on any atom is 0.266 e. The summed E-state index contributed by atoms with van der Waals surface area (Å²) in [6.07, 6.45) is -2.00. The van der Waals surface area contributed by atoms with Crippen molar-refractivity contribution in [2.24, 2.45) is 0 Å². The Morgan fingerprint density at radius 2 is 1.93 bits per heavy atom. The molecule has 1 nitrogen and oxygen atoms in total. The van der Waals surface area contributed by atoms with Crippen LogP contribution in [-0.4, -0.2) is 5.78 Å². The Labute approximate surface area is 84.9 Å². The summed E-state index contributed by atoms with van der Waals surface area (Å²) in [7, 11) is 0. The van der Waals surface area contributed by atoms with Crippen molar-refractivity contribution in [2.75, 3.05) is 0 Å². The molecule has 2 rings (SSSR count). The molecule has 1 fully saturated rings. The van der Waals surface area contributed by atoms with E-state index in [1.807, 2.05) is 0 Å². The van der Waals surface area contributed by atoms with Gasteiger partial charge in [0.1, 0.15) is 11.6 Å². The van der Waals surface area contributed by atoms with Gasteiger partial charge in [-0.05, 0) is 17.5 Å². The van der Waals surface area contributed by atoms with Gasteiger partial charge in [0.15, 0.2) is 0 Å². The third-order valence-electron chi connectivity index (χ3n) is 2.68. The van der Waals surface area contributed by atoms with Crippen molar-refractivity contribution in [3.05, 3.63) is 35.1 Å². The largest absolute Gasteiger partial charge is 0.300 e. The van der Waals surface area contributed by atoms with Crippen molar-refractivity contribution < 1.29 is 18.0 Å². The lowest BCUT2D eigenvalue weighted by atomic mass is 9.79. The number of hydrogen-bond acceptors (Lipinski definition) is 1. The minimum atomic E-state index is -2.79. The van der Waals surface area contributed by atoms with Gasteiger partial charge in [0.05, 0.1) is 5.56 Å². The minimum absolute atomic E-state index is 0.0127. The Kier molecular flexibility index (Phi) is 2.50. The molecule has 1 saturated carbocycles. The molecule has 0 heterocycles. The normalized spacial score (nSPS) is 16.9. The zero-order chi connectivity index (χ0) is 11.0. The van der Waals surface area contributed by atoms with Crippen LogP contribution in [0.4, 0.5) is 13.2 Å². The van der Waals surface area contributed by atoms with E-state index in [2.05, 4.69) is 0 Å². The lowest BCUT2D eigenvalue weighted by Gasteiger charge is -2.24. The van der Waals surface area contributed by atoms with E-state index in [-0.39, 0.29) is 11.7 Å². The first-order valence-electron chi connectivity index (χ1n) is 4.67. The fourth-order valence-electron chi connectivity index (χ4n) is 1.70. The molecule has 0 N–H and O–H groups in total. The Morgan fingerprint density at radius 1 is 1.27 bits per heavy atom. The number of ketones is 1. The number of halogens is 3. The maximum atomic E-state index is 13.2. The number of carbonyl (C=O) groups excluding carboxylic acids is 1. The van der Waals surface area contributed by atoms with Gasteiger partial charge in [-0.15, -0.1) is 0 Å². The topological polar surface area (TPSA) is 17.1 Å². The summed E-state index contributed by atoms with van der Waals surface area (Å²) in [4.78, 5) is 10.7. The first-order chi connectivity index (χ1) is 7.08. The van der Waals surface area contributed by atoms with E-state index in [0.717, 1.165) is 12.1 Å². The predicted molar refractivity (Wildman–Crippen MR) is 48.3 cm³/mol. The number of Topliss-reactive ketones (excluding diaryl/α,β-unsaturated/α-hetero) is 1. The standard InChI is InChI=1S/C11H9F3O/c12-10-5-6(7-3-8(15)4-7)1-2-9(10)11(13)14/h1-2,5,7,11H,3-4H2. The van der Waals surface area contributed by atoms with E-state index in [4.69, 9.17) is 0 Å². The first-order valence-corrected chi connectivity index (χ1v) is 4.67. The fraction of sp³-hybridized carbons (Fsp3) is 0.364. The number of alkyl halides is 2. The van der Waals surface area contributed by atoms with Gasteiger partial charge in [0.2, 0.25) is 0 Å². The zero-order valence-corrected chi connectivity index (χ0v) is 7.84. The molecule has 15 heavy (non-hydrogen) atoms. The molecule has 0 radical (unpaired) electrons. The van der Waals surface area contributed by atoms with Crippen molar-refractivity contribution in [3.8, 4) is 0 Å². The molecule has 80 valence electrons. The predicted octanol–water partition coefficient (Wildman–Crippen LogP) is 3.21. The van der Waals surface area contributed by atoms with Crippen molar-refractivity contribution in [3.63, 3.8) is 0 Å². The second-order valence-corrected chi connectivity index (χ2v) is 3.73. The van der Waals surface area contributed by atoms with Gasteiger partial charge in [0.25, 0.3) is 6.43 Å². The maximum absolute atomic E-state index is 13.2. The summed E-state index contributed by atoms with van der Waals surface area (Å²) in [6, 6.07) is 3.68. The van der Waals surface area contributed by atoms with E-state index in [1.165, 1.54) is 6.07 Å². The van der Waals surface area contributed by atoms with E-state index in [1.54, 1.807) is 0 Å². The summed E-state index contributed by atoms with van der Waals surface area (Å²) in [5.74, 6) is -0.737. The molecule has 1 aromatic rings. The number of carbonyl (C=O) groups is 1. The molecule has 0 atom stereocenters. The number of hydrogen-bond donors (Lipinski definition) is 0. The van der Waals surface area contributed by atoms with Crippen molar-refractivity contribution in [1.29, 1.82) is 0 Å². The van der Waals surface area contributed by atoms with Crippen LogP contribution in [0, 0.1) is 5.82 Å². The number of rotatable bonds is 2. The van der Waals surface area contributed by atoms with Crippen LogP contribution in [0.2, 0.25) is 0 Å². The van der Waals surface area contributed by atoms with Gasteiger partial charge < -0.3 is 0 Å². The Balaban J connectivity index is 2.22. The van der Waals surface area contributed by atoms with Gasteiger partial charge in [0, 0.05) is 12.8 Å². The van der Waals surface area contributed by atoms with Crippen LogP contribution in [0.5, 0.6) is 0 Å². The molecule has 0 amide bonds. The van der Waals surface area contributed by atoms with E-state index in [9.17, 15) is 18.0 Å².